The van der Waals surface area contributed by atoms with Gasteiger partial charge in [0.1, 0.15) is 5.75 Å². The third kappa shape index (κ3) is 4.95. The first kappa shape index (κ1) is 19.1. The van der Waals surface area contributed by atoms with Crippen molar-refractivity contribution in [3.05, 3.63) is 59.1 Å². The number of hydrogen-bond donors (Lipinski definition) is 0. The molecule has 1 saturated heterocycles. The van der Waals surface area contributed by atoms with Gasteiger partial charge in [0, 0.05) is 22.9 Å². The van der Waals surface area contributed by atoms with E-state index >= 15 is 0 Å². The predicted octanol–water partition coefficient (Wildman–Crippen LogP) is 5.58. The van der Waals surface area contributed by atoms with E-state index in [1.165, 1.54) is 10.5 Å². The SMILES string of the molecule is COc1cccc(C2CCCN2C(=O)CCCSc2ccc(Cl)cc2)c1. The Labute approximate surface area is 164 Å². The molecular formula is C21H24ClNO2S. The van der Waals surface area contributed by atoms with Gasteiger partial charge in [-0.3, -0.25) is 4.79 Å². The van der Waals surface area contributed by atoms with Gasteiger partial charge in [-0.05, 0) is 67.0 Å². The third-order valence-electron chi connectivity index (χ3n) is 4.67. The Morgan fingerprint density at radius 3 is 2.85 bits per heavy atom. The van der Waals surface area contributed by atoms with Crippen LogP contribution in [0, 0.1) is 0 Å². The number of methoxy groups -OCH3 is 1. The first-order valence-corrected chi connectivity index (χ1v) is 10.4. The van der Waals surface area contributed by atoms with Gasteiger partial charge in [0.2, 0.25) is 5.91 Å². The van der Waals surface area contributed by atoms with Crippen LogP contribution in [0.1, 0.15) is 37.3 Å². The number of hydrogen-bond acceptors (Lipinski definition) is 3. The molecule has 3 rings (SSSR count). The second-order valence-electron chi connectivity index (χ2n) is 6.43. The van der Waals surface area contributed by atoms with Gasteiger partial charge in [-0.15, -0.1) is 11.8 Å². The maximum Gasteiger partial charge on any atom is 0.223 e. The van der Waals surface area contributed by atoms with Crippen LogP contribution >= 0.6 is 23.4 Å². The largest absolute Gasteiger partial charge is 0.497 e. The van der Waals surface area contributed by atoms with E-state index in [0.29, 0.717) is 6.42 Å². The number of benzene rings is 2. The molecule has 138 valence electrons. The first-order chi connectivity index (χ1) is 12.7. The lowest BCUT2D eigenvalue weighted by atomic mass is 10.0. The monoisotopic (exact) mass is 389 g/mol. The lowest BCUT2D eigenvalue weighted by Gasteiger charge is -2.25. The van der Waals surface area contributed by atoms with E-state index in [0.717, 1.165) is 42.3 Å². The third-order valence-corrected chi connectivity index (χ3v) is 6.02. The van der Waals surface area contributed by atoms with E-state index in [2.05, 4.69) is 6.07 Å². The van der Waals surface area contributed by atoms with Gasteiger partial charge >= 0.3 is 0 Å². The zero-order valence-electron chi connectivity index (χ0n) is 15.0. The Morgan fingerprint density at radius 1 is 1.27 bits per heavy atom. The molecule has 1 aliphatic heterocycles. The van der Waals surface area contributed by atoms with Crippen molar-refractivity contribution >= 4 is 29.3 Å². The van der Waals surface area contributed by atoms with E-state index < -0.39 is 0 Å². The fourth-order valence-electron chi connectivity index (χ4n) is 3.35. The van der Waals surface area contributed by atoms with Gasteiger partial charge in [-0.1, -0.05) is 23.7 Å². The fourth-order valence-corrected chi connectivity index (χ4v) is 4.33. The Hall–Kier alpha value is -1.65. The Kier molecular flexibility index (Phi) is 6.86. The number of carbonyl (C=O) groups is 1. The van der Waals surface area contributed by atoms with E-state index in [9.17, 15) is 4.79 Å². The van der Waals surface area contributed by atoms with Gasteiger partial charge in [-0.25, -0.2) is 0 Å². The summed E-state index contributed by atoms with van der Waals surface area (Å²) in [5, 5.41) is 0.752. The highest BCUT2D eigenvalue weighted by Gasteiger charge is 2.29. The molecule has 2 aromatic carbocycles. The van der Waals surface area contributed by atoms with Crippen LogP contribution in [0.15, 0.2) is 53.4 Å². The standard InChI is InChI=1S/C21H24ClNO2S/c1-25-18-6-2-5-16(15-18)20-7-3-13-23(20)21(24)8-4-14-26-19-11-9-17(22)10-12-19/h2,5-6,9-12,15,20H,3-4,7-8,13-14H2,1H3. The van der Waals surface area contributed by atoms with Crippen molar-refractivity contribution in [2.45, 2.75) is 36.6 Å². The van der Waals surface area contributed by atoms with Crippen LogP contribution in [-0.4, -0.2) is 30.2 Å². The number of nitrogens with zero attached hydrogens (tertiary/aromatic N) is 1. The summed E-state index contributed by atoms with van der Waals surface area (Å²) in [5.74, 6) is 2.04. The molecule has 0 aromatic heterocycles. The van der Waals surface area contributed by atoms with Crippen LogP contribution in [0.3, 0.4) is 0 Å². The highest BCUT2D eigenvalue weighted by molar-refractivity contribution is 7.99. The van der Waals surface area contributed by atoms with Crippen molar-refractivity contribution in [1.82, 2.24) is 4.90 Å². The van der Waals surface area contributed by atoms with E-state index in [1.807, 2.05) is 47.4 Å². The Bertz CT molecular complexity index is 735. The second-order valence-corrected chi connectivity index (χ2v) is 8.03. The molecule has 1 aliphatic rings. The maximum atomic E-state index is 12.7. The van der Waals surface area contributed by atoms with Gasteiger partial charge < -0.3 is 9.64 Å². The van der Waals surface area contributed by atoms with Crippen molar-refractivity contribution in [2.75, 3.05) is 19.4 Å². The average molecular weight is 390 g/mol. The highest BCUT2D eigenvalue weighted by atomic mass is 35.5. The van der Waals surface area contributed by atoms with Crippen LogP contribution in [-0.2, 0) is 4.79 Å². The molecule has 1 amide bonds. The summed E-state index contributed by atoms with van der Waals surface area (Å²) in [6, 6.07) is 16.1. The van der Waals surface area contributed by atoms with E-state index in [4.69, 9.17) is 16.3 Å². The molecule has 5 heteroatoms. The van der Waals surface area contributed by atoms with Gasteiger partial charge in [0.25, 0.3) is 0 Å². The molecule has 1 atom stereocenters. The van der Waals surface area contributed by atoms with Crippen LogP contribution in [0.4, 0.5) is 0 Å². The molecule has 0 saturated carbocycles. The van der Waals surface area contributed by atoms with Crippen molar-refractivity contribution in [1.29, 1.82) is 0 Å². The molecule has 2 aromatic rings. The van der Waals surface area contributed by atoms with Crippen LogP contribution in [0.25, 0.3) is 0 Å². The molecule has 0 spiro atoms. The fraction of sp³-hybridized carbons (Fsp3) is 0.381. The van der Waals surface area contributed by atoms with Crippen LogP contribution in [0.5, 0.6) is 5.75 Å². The number of rotatable bonds is 7. The minimum Gasteiger partial charge on any atom is -0.497 e. The molecule has 0 N–H and O–H groups in total. The quantitative estimate of drug-likeness (QED) is 0.457. The number of ether oxygens (including phenoxy) is 1. The van der Waals surface area contributed by atoms with Crippen molar-refractivity contribution < 1.29 is 9.53 Å². The summed E-state index contributed by atoms with van der Waals surface area (Å²) in [6.07, 6.45) is 3.57. The molecular weight excluding hydrogens is 366 g/mol. The molecule has 26 heavy (non-hydrogen) atoms. The summed E-state index contributed by atoms with van der Waals surface area (Å²) in [5.41, 5.74) is 1.17. The van der Waals surface area contributed by atoms with Gasteiger partial charge in [0.15, 0.2) is 0 Å². The lowest BCUT2D eigenvalue weighted by molar-refractivity contribution is -0.132. The molecule has 0 aliphatic carbocycles. The minimum absolute atomic E-state index is 0.182. The summed E-state index contributed by atoms with van der Waals surface area (Å²) in [7, 11) is 1.68. The minimum atomic E-state index is 0.182. The smallest absolute Gasteiger partial charge is 0.223 e. The molecule has 0 radical (unpaired) electrons. The van der Waals surface area contributed by atoms with Crippen LogP contribution in [0.2, 0.25) is 5.02 Å². The average Bonchev–Trinajstić information content (AvgIpc) is 3.16. The summed E-state index contributed by atoms with van der Waals surface area (Å²) < 4.78 is 5.32. The number of halogens is 1. The van der Waals surface area contributed by atoms with Crippen molar-refractivity contribution in [3.8, 4) is 5.75 Å². The number of thioether (sulfide) groups is 1. The van der Waals surface area contributed by atoms with Crippen molar-refractivity contribution in [2.24, 2.45) is 0 Å². The summed E-state index contributed by atoms with van der Waals surface area (Å²) >= 11 is 7.67. The van der Waals surface area contributed by atoms with Crippen LogP contribution < -0.4 is 4.74 Å². The Morgan fingerprint density at radius 2 is 2.08 bits per heavy atom. The zero-order valence-corrected chi connectivity index (χ0v) is 16.6. The highest BCUT2D eigenvalue weighted by Crippen LogP contribution is 2.34. The van der Waals surface area contributed by atoms with Gasteiger partial charge in [-0.2, -0.15) is 0 Å². The Balaban J connectivity index is 1.50. The molecule has 1 unspecified atom stereocenters. The summed E-state index contributed by atoms with van der Waals surface area (Å²) in [6.45, 7) is 0.852. The molecule has 1 heterocycles. The summed E-state index contributed by atoms with van der Waals surface area (Å²) in [4.78, 5) is 15.9. The first-order valence-electron chi connectivity index (χ1n) is 8.99. The van der Waals surface area contributed by atoms with E-state index in [-0.39, 0.29) is 11.9 Å². The second kappa shape index (κ2) is 9.33. The van der Waals surface area contributed by atoms with E-state index in [1.54, 1.807) is 18.9 Å². The normalized spacial score (nSPS) is 16.7. The number of likely N-dealkylation sites (tertiary alicyclic amines) is 1. The number of carbonyl (C=O) groups excluding carboxylic acids is 1. The van der Waals surface area contributed by atoms with Gasteiger partial charge in [0.05, 0.1) is 13.2 Å². The predicted molar refractivity (Wildman–Crippen MR) is 108 cm³/mol. The number of amides is 1. The maximum absolute atomic E-state index is 12.7. The molecule has 3 nitrogen and oxygen atoms in total. The van der Waals surface area contributed by atoms with Crippen molar-refractivity contribution in [3.63, 3.8) is 0 Å². The molecule has 0 bridgehead atoms. The topological polar surface area (TPSA) is 29.5 Å². The lowest BCUT2D eigenvalue weighted by Crippen LogP contribution is -2.30. The molecule has 1 fully saturated rings. The zero-order chi connectivity index (χ0) is 18.4.